The maximum absolute atomic E-state index is 10.4. The Labute approximate surface area is 82.2 Å². The number of hydrogen-bond donors (Lipinski definition) is 0. The molecule has 0 aromatic carbocycles. The quantitative estimate of drug-likeness (QED) is 0.542. The van der Waals surface area contributed by atoms with Crippen LogP contribution in [0.3, 0.4) is 0 Å². The molecule has 0 bridgehead atoms. The molecule has 8 heteroatoms. The molecule has 0 aliphatic rings. The molecular weight excluding hydrogens is 206 g/mol. The largest absolute Gasteiger partial charge is 0.382 e. The van der Waals surface area contributed by atoms with Gasteiger partial charge in [-0.25, -0.2) is 0 Å². The van der Waals surface area contributed by atoms with Crippen molar-refractivity contribution in [2.45, 2.75) is 0 Å². The second kappa shape index (κ2) is 3.14. The Bertz CT molecular complexity index is 463. The van der Waals surface area contributed by atoms with Gasteiger partial charge in [-0.05, 0) is 9.91 Å². The monoisotopic (exact) mass is 211 g/mol. The molecule has 2 aromatic rings. The van der Waals surface area contributed by atoms with Gasteiger partial charge in [-0.15, -0.1) is 10.2 Å². The average molecular weight is 211 g/mol. The van der Waals surface area contributed by atoms with Gasteiger partial charge in [0.2, 0.25) is 5.01 Å². The first-order valence-corrected chi connectivity index (χ1v) is 4.50. The van der Waals surface area contributed by atoms with Gasteiger partial charge in [-0.3, -0.25) is 0 Å². The van der Waals surface area contributed by atoms with Crippen molar-refractivity contribution in [3.63, 3.8) is 0 Å². The van der Waals surface area contributed by atoms with E-state index < -0.39 is 4.92 Å². The van der Waals surface area contributed by atoms with Crippen molar-refractivity contribution in [1.29, 1.82) is 0 Å². The molecule has 0 spiro atoms. The molecule has 0 N–H and O–H groups in total. The van der Waals surface area contributed by atoms with Crippen molar-refractivity contribution in [3.05, 3.63) is 21.8 Å². The summed E-state index contributed by atoms with van der Waals surface area (Å²) >= 11 is 1.29. The fourth-order valence-electron chi connectivity index (χ4n) is 1.01. The molecule has 14 heavy (non-hydrogen) atoms. The number of nitrogens with zero attached hydrogens (tertiary/aromatic N) is 5. The van der Waals surface area contributed by atoms with Crippen LogP contribution in [0.2, 0.25) is 0 Å². The molecular formula is C6H5N5O2S. The zero-order chi connectivity index (χ0) is 10.1. The van der Waals surface area contributed by atoms with E-state index in [4.69, 9.17) is 0 Å². The molecule has 72 valence electrons. The second-order valence-corrected chi connectivity index (χ2v) is 3.37. The van der Waals surface area contributed by atoms with E-state index in [-0.39, 0.29) is 5.82 Å². The molecule has 0 aliphatic heterocycles. The lowest BCUT2D eigenvalue weighted by Gasteiger charge is -1.87. The smallest absolute Gasteiger partial charge is 0.358 e. The van der Waals surface area contributed by atoms with E-state index in [1.54, 1.807) is 17.1 Å². The van der Waals surface area contributed by atoms with Gasteiger partial charge in [-0.1, -0.05) is 11.3 Å². The van der Waals surface area contributed by atoms with Crippen LogP contribution >= 0.6 is 11.3 Å². The van der Waals surface area contributed by atoms with Gasteiger partial charge in [0, 0.05) is 7.05 Å². The maximum atomic E-state index is 10.4. The molecule has 7 nitrogen and oxygen atoms in total. The predicted octanol–water partition coefficient (Wildman–Crippen LogP) is 0.847. The summed E-state index contributed by atoms with van der Waals surface area (Å²) < 4.78 is 1.55. The molecule has 2 aromatic heterocycles. The van der Waals surface area contributed by atoms with Crippen molar-refractivity contribution in [2.24, 2.45) is 7.05 Å². The highest BCUT2D eigenvalue weighted by atomic mass is 32.1. The third-order valence-corrected chi connectivity index (χ3v) is 2.29. The standard InChI is InChI=1S/C6H5N5O2S/c1-10-2-4(11(12)13)8-5(10)6-9-7-3-14-6/h2-3H,1H3. The molecule has 0 unspecified atom stereocenters. The average Bonchev–Trinajstić information content (AvgIpc) is 2.71. The zero-order valence-electron chi connectivity index (χ0n) is 7.12. The normalized spacial score (nSPS) is 10.4. The lowest BCUT2D eigenvalue weighted by molar-refractivity contribution is -0.389. The maximum Gasteiger partial charge on any atom is 0.382 e. The number of aryl methyl sites for hydroxylation is 1. The van der Waals surface area contributed by atoms with E-state index in [9.17, 15) is 10.1 Å². The topological polar surface area (TPSA) is 86.7 Å². The number of nitro groups is 1. The second-order valence-electron chi connectivity index (χ2n) is 2.53. The van der Waals surface area contributed by atoms with E-state index in [1.165, 1.54) is 17.5 Å². The molecule has 0 atom stereocenters. The fraction of sp³-hybridized carbons (Fsp3) is 0.167. The van der Waals surface area contributed by atoms with Gasteiger partial charge in [0.15, 0.2) is 0 Å². The third kappa shape index (κ3) is 1.35. The summed E-state index contributed by atoms with van der Waals surface area (Å²) in [7, 11) is 1.68. The van der Waals surface area contributed by atoms with Crippen LogP contribution in [-0.4, -0.2) is 24.7 Å². The highest BCUT2D eigenvalue weighted by Gasteiger charge is 2.20. The van der Waals surface area contributed by atoms with E-state index in [2.05, 4.69) is 15.2 Å². The van der Waals surface area contributed by atoms with E-state index in [0.29, 0.717) is 10.8 Å². The summed E-state index contributed by atoms with van der Waals surface area (Å²) in [4.78, 5) is 13.7. The summed E-state index contributed by atoms with van der Waals surface area (Å²) in [6.45, 7) is 0. The van der Waals surface area contributed by atoms with Crippen LogP contribution in [0.15, 0.2) is 11.7 Å². The van der Waals surface area contributed by atoms with Gasteiger partial charge < -0.3 is 14.7 Å². The van der Waals surface area contributed by atoms with Gasteiger partial charge in [0.1, 0.15) is 11.7 Å². The summed E-state index contributed by atoms with van der Waals surface area (Å²) in [6, 6.07) is 0. The summed E-state index contributed by atoms with van der Waals surface area (Å²) in [6.07, 6.45) is 1.34. The van der Waals surface area contributed by atoms with Gasteiger partial charge in [-0.2, -0.15) is 0 Å². The molecule has 0 fully saturated rings. The van der Waals surface area contributed by atoms with Gasteiger partial charge in [0.25, 0.3) is 5.82 Å². The fourth-order valence-corrected chi connectivity index (χ4v) is 1.59. The Hall–Kier alpha value is -1.83. The highest BCUT2D eigenvalue weighted by Crippen LogP contribution is 2.21. The number of hydrogen-bond acceptors (Lipinski definition) is 6. The SMILES string of the molecule is Cn1cc([N+](=O)[O-])nc1-c1nncs1. The van der Waals surface area contributed by atoms with Gasteiger partial charge in [0.05, 0.1) is 0 Å². The zero-order valence-corrected chi connectivity index (χ0v) is 7.93. The van der Waals surface area contributed by atoms with Crippen molar-refractivity contribution in [1.82, 2.24) is 19.7 Å². The van der Waals surface area contributed by atoms with Crippen LogP contribution in [0.5, 0.6) is 0 Å². The Morgan fingerprint density at radius 3 is 2.93 bits per heavy atom. The molecule has 0 amide bonds. The summed E-state index contributed by atoms with van der Waals surface area (Å²) in [5.41, 5.74) is 1.55. The first-order chi connectivity index (χ1) is 6.68. The van der Waals surface area contributed by atoms with Crippen LogP contribution < -0.4 is 0 Å². The first-order valence-electron chi connectivity index (χ1n) is 3.63. The van der Waals surface area contributed by atoms with Crippen LogP contribution in [0.1, 0.15) is 0 Å². The Morgan fingerprint density at radius 2 is 2.43 bits per heavy atom. The van der Waals surface area contributed by atoms with Crippen LogP contribution in [0.25, 0.3) is 10.8 Å². The number of aromatic nitrogens is 4. The number of rotatable bonds is 2. The third-order valence-electron chi connectivity index (χ3n) is 1.60. The minimum atomic E-state index is -0.537. The molecule has 0 saturated carbocycles. The minimum Gasteiger partial charge on any atom is -0.358 e. The minimum absolute atomic E-state index is 0.183. The predicted molar refractivity (Wildman–Crippen MR) is 48.8 cm³/mol. The molecule has 0 aliphatic carbocycles. The van der Waals surface area contributed by atoms with E-state index in [1.807, 2.05) is 0 Å². The van der Waals surface area contributed by atoms with Crippen LogP contribution in [0.4, 0.5) is 5.82 Å². The van der Waals surface area contributed by atoms with Crippen LogP contribution in [0, 0.1) is 10.1 Å². The van der Waals surface area contributed by atoms with E-state index >= 15 is 0 Å². The van der Waals surface area contributed by atoms with Gasteiger partial charge >= 0.3 is 5.82 Å². The summed E-state index contributed by atoms with van der Waals surface area (Å²) in [5.74, 6) is 0.275. The molecule has 0 saturated heterocycles. The summed E-state index contributed by atoms with van der Waals surface area (Å²) in [5, 5.41) is 18.4. The lowest BCUT2D eigenvalue weighted by atomic mass is 10.6. The lowest BCUT2D eigenvalue weighted by Crippen LogP contribution is -1.90. The van der Waals surface area contributed by atoms with Crippen molar-refractivity contribution in [2.75, 3.05) is 0 Å². The molecule has 2 rings (SSSR count). The van der Waals surface area contributed by atoms with E-state index in [0.717, 1.165) is 0 Å². The first kappa shape index (κ1) is 8.75. The van der Waals surface area contributed by atoms with Crippen molar-refractivity contribution >= 4 is 17.2 Å². The van der Waals surface area contributed by atoms with Crippen molar-refractivity contribution < 1.29 is 4.92 Å². The Balaban J connectivity index is 2.50. The number of imidazole rings is 1. The highest BCUT2D eigenvalue weighted by molar-refractivity contribution is 7.12. The molecule has 2 heterocycles. The Kier molecular flexibility index (Phi) is 1.97. The van der Waals surface area contributed by atoms with Crippen LogP contribution in [-0.2, 0) is 7.05 Å². The Morgan fingerprint density at radius 1 is 1.64 bits per heavy atom. The molecule has 0 radical (unpaired) electrons. The van der Waals surface area contributed by atoms with Crippen molar-refractivity contribution in [3.8, 4) is 10.8 Å².